The minimum absolute atomic E-state index is 0.323. The van der Waals surface area contributed by atoms with Crippen LogP contribution in [0.5, 0.6) is 0 Å². The Morgan fingerprint density at radius 3 is 2.38 bits per heavy atom. The average molecular weight is 224 g/mol. The van der Waals surface area contributed by atoms with Crippen LogP contribution in [-0.4, -0.2) is 36.5 Å². The Kier molecular flexibility index (Phi) is 4.22. The highest BCUT2D eigenvalue weighted by Crippen LogP contribution is 2.25. The summed E-state index contributed by atoms with van der Waals surface area (Å²) in [7, 11) is 0. The quantitative estimate of drug-likeness (QED) is 0.792. The molecule has 0 atom stereocenters. The first-order chi connectivity index (χ1) is 7.79. The van der Waals surface area contributed by atoms with E-state index in [1.54, 1.807) is 0 Å². The van der Waals surface area contributed by atoms with E-state index in [4.69, 9.17) is 0 Å². The van der Waals surface area contributed by atoms with Crippen LogP contribution in [0.2, 0.25) is 0 Å². The molecule has 0 aromatic rings. The van der Waals surface area contributed by atoms with E-state index in [0.29, 0.717) is 17.9 Å². The molecule has 0 unspecified atom stereocenters. The molecule has 1 aliphatic carbocycles. The number of piperidine rings is 1. The molecule has 1 saturated heterocycles. The lowest BCUT2D eigenvalue weighted by Crippen LogP contribution is -2.45. The van der Waals surface area contributed by atoms with Crippen molar-refractivity contribution in [3.63, 3.8) is 0 Å². The van der Waals surface area contributed by atoms with Crippen LogP contribution in [0, 0.1) is 5.92 Å². The molecule has 0 aromatic carbocycles. The molecule has 1 N–H and O–H groups in total. The maximum absolute atomic E-state index is 11.9. The molecule has 1 amide bonds. The topological polar surface area (TPSA) is 32.3 Å². The largest absolute Gasteiger partial charge is 0.353 e. The Balaban J connectivity index is 1.71. The van der Waals surface area contributed by atoms with E-state index in [1.807, 2.05) is 0 Å². The maximum atomic E-state index is 11.9. The number of likely N-dealkylation sites (tertiary alicyclic amines) is 1. The van der Waals surface area contributed by atoms with Crippen LogP contribution < -0.4 is 5.32 Å². The lowest BCUT2D eigenvalue weighted by molar-refractivity contribution is -0.125. The van der Waals surface area contributed by atoms with Crippen molar-refractivity contribution in [3.8, 4) is 0 Å². The molecule has 0 spiro atoms. The van der Waals surface area contributed by atoms with Crippen LogP contribution in [0.15, 0.2) is 0 Å². The van der Waals surface area contributed by atoms with Gasteiger partial charge in [-0.1, -0.05) is 19.8 Å². The van der Waals surface area contributed by atoms with E-state index >= 15 is 0 Å². The van der Waals surface area contributed by atoms with Crippen molar-refractivity contribution in [2.24, 2.45) is 5.92 Å². The molecule has 92 valence electrons. The van der Waals surface area contributed by atoms with Crippen molar-refractivity contribution in [1.82, 2.24) is 10.2 Å². The molecule has 2 rings (SSSR count). The molecule has 1 heterocycles. The first-order valence-electron chi connectivity index (χ1n) is 6.82. The summed E-state index contributed by atoms with van der Waals surface area (Å²) < 4.78 is 0. The zero-order valence-electron chi connectivity index (χ0n) is 10.4. The van der Waals surface area contributed by atoms with Gasteiger partial charge in [-0.05, 0) is 32.2 Å². The summed E-state index contributed by atoms with van der Waals surface area (Å²) in [5, 5.41) is 3.24. The Morgan fingerprint density at radius 1 is 1.19 bits per heavy atom. The number of nitrogens with zero attached hydrogens (tertiary/aromatic N) is 1. The summed E-state index contributed by atoms with van der Waals surface area (Å²) >= 11 is 0. The van der Waals surface area contributed by atoms with Gasteiger partial charge in [0.15, 0.2) is 0 Å². The summed E-state index contributed by atoms with van der Waals surface area (Å²) in [5.74, 6) is 0.650. The second-order valence-electron chi connectivity index (χ2n) is 5.20. The third kappa shape index (κ3) is 2.97. The molecule has 0 aromatic heterocycles. The highest BCUT2D eigenvalue weighted by molar-refractivity contribution is 5.79. The van der Waals surface area contributed by atoms with Crippen LogP contribution in [0.25, 0.3) is 0 Å². The molecule has 3 heteroatoms. The number of amides is 1. The van der Waals surface area contributed by atoms with Crippen molar-refractivity contribution >= 4 is 5.91 Å². The van der Waals surface area contributed by atoms with Crippen molar-refractivity contribution in [3.05, 3.63) is 0 Å². The predicted molar refractivity (Wildman–Crippen MR) is 65.2 cm³/mol. The first-order valence-corrected chi connectivity index (χ1v) is 6.82. The third-order valence-electron chi connectivity index (χ3n) is 4.11. The molecular formula is C13H24N2O. The van der Waals surface area contributed by atoms with E-state index < -0.39 is 0 Å². The van der Waals surface area contributed by atoms with Crippen molar-refractivity contribution < 1.29 is 4.79 Å². The van der Waals surface area contributed by atoms with E-state index in [-0.39, 0.29) is 0 Å². The van der Waals surface area contributed by atoms with Gasteiger partial charge in [-0.3, -0.25) is 4.79 Å². The lowest BCUT2D eigenvalue weighted by Gasteiger charge is -2.32. The van der Waals surface area contributed by atoms with Gasteiger partial charge in [-0.15, -0.1) is 0 Å². The summed E-state index contributed by atoms with van der Waals surface area (Å²) in [5.41, 5.74) is 0. The molecule has 2 fully saturated rings. The molecule has 1 aliphatic heterocycles. The minimum atomic E-state index is 0.323. The number of rotatable bonds is 3. The SMILES string of the molecule is CCN1CCC(NC(=O)C2CCCC2)CC1. The fourth-order valence-electron chi connectivity index (χ4n) is 2.90. The number of carbonyl (C=O) groups excluding carboxylic acids is 1. The van der Waals surface area contributed by atoms with E-state index in [2.05, 4.69) is 17.1 Å². The summed E-state index contributed by atoms with van der Waals surface area (Å²) in [6.45, 7) is 5.64. The van der Waals surface area contributed by atoms with Crippen molar-refractivity contribution in [1.29, 1.82) is 0 Å². The second-order valence-corrected chi connectivity index (χ2v) is 5.20. The van der Waals surface area contributed by atoms with Gasteiger partial charge in [-0.2, -0.15) is 0 Å². The summed E-state index contributed by atoms with van der Waals surface area (Å²) in [6, 6.07) is 0.441. The van der Waals surface area contributed by atoms with Crippen LogP contribution in [-0.2, 0) is 4.79 Å². The zero-order valence-corrected chi connectivity index (χ0v) is 10.4. The summed E-state index contributed by atoms with van der Waals surface area (Å²) in [6.07, 6.45) is 6.97. The number of hydrogen-bond acceptors (Lipinski definition) is 2. The Labute approximate surface area is 98.6 Å². The van der Waals surface area contributed by atoms with Gasteiger partial charge in [0.25, 0.3) is 0 Å². The number of carbonyl (C=O) groups is 1. The molecule has 3 nitrogen and oxygen atoms in total. The fraction of sp³-hybridized carbons (Fsp3) is 0.923. The van der Waals surface area contributed by atoms with Gasteiger partial charge in [-0.25, -0.2) is 0 Å². The fourth-order valence-corrected chi connectivity index (χ4v) is 2.90. The van der Waals surface area contributed by atoms with Gasteiger partial charge >= 0.3 is 0 Å². The molecule has 0 bridgehead atoms. The lowest BCUT2D eigenvalue weighted by atomic mass is 10.0. The Hall–Kier alpha value is -0.570. The van der Waals surface area contributed by atoms with E-state index in [1.165, 1.54) is 12.8 Å². The molecule has 16 heavy (non-hydrogen) atoms. The molecular weight excluding hydrogens is 200 g/mol. The van der Waals surface area contributed by atoms with Crippen LogP contribution in [0.4, 0.5) is 0 Å². The normalized spacial score (nSPS) is 24.8. The zero-order chi connectivity index (χ0) is 11.4. The monoisotopic (exact) mass is 224 g/mol. The first kappa shape index (κ1) is 11.9. The highest BCUT2D eigenvalue weighted by Gasteiger charge is 2.26. The van der Waals surface area contributed by atoms with Gasteiger partial charge in [0.1, 0.15) is 0 Å². The molecule has 2 aliphatic rings. The van der Waals surface area contributed by atoms with Gasteiger partial charge < -0.3 is 10.2 Å². The Bertz CT molecular complexity index is 228. The van der Waals surface area contributed by atoms with E-state index in [9.17, 15) is 4.79 Å². The van der Waals surface area contributed by atoms with Crippen molar-refractivity contribution in [2.45, 2.75) is 51.5 Å². The molecule has 1 saturated carbocycles. The van der Waals surface area contributed by atoms with Gasteiger partial charge in [0.2, 0.25) is 5.91 Å². The minimum Gasteiger partial charge on any atom is -0.353 e. The predicted octanol–water partition coefficient (Wildman–Crippen LogP) is 1.78. The summed E-state index contributed by atoms with van der Waals surface area (Å²) in [4.78, 5) is 14.4. The van der Waals surface area contributed by atoms with E-state index in [0.717, 1.165) is 45.3 Å². The van der Waals surface area contributed by atoms with Crippen LogP contribution >= 0.6 is 0 Å². The standard InChI is InChI=1S/C13H24N2O/c1-2-15-9-7-12(8-10-15)14-13(16)11-5-3-4-6-11/h11-12H,2-10H2,1H3,(H,14,16). The second kappa shape index (κ2) is 5.67. The van der Waals surface area contributed by atoms with Crippen molar-refractivity contribution in [2.75, 3.05) is 19.6 Å². The highest BCUT2D eigenvalue weighted by atomic mass is 16.1. The third-order valence-corrected chi connectivity index (χ3v) is 4.11. The van der Waals surface area contributed by atoms with Gasteiger partial charge in [0, 0.05) is 25.0 Å². The average Bonchev–Trinajstić information content (AvgIpc) is 2.83. The Morgan fingerprint density at radius 2 is 1.81 bits per heavy atom. The number of nitrogens with one attached hydrogen (secondary N) is 1. The van der Waals surface area contributed by atoms with Gasteiger partial charge in [0.05, 0.1) is 0 Å². The molecule has 0 radical (unpaired) electrons. The maximum Gasteiger partial charge on any atom is 0.223 e. The van der Waals surface area contributed by atoms with Crippen LogP contribution in [0.1, 0.15) is 45.4 Å². The van der Waals surface area contributed by atoms with Crippen LogP contribution in [0.3, 0.4) is 0 Å². The number of hydrogen-bond donors (Lipinski definition) is 1. The smallest absolute Gasteiger partial charge is 0.223 e.